The highest BCUT2D eigenvalue weighted by molar-refractivity contribution is 5.05. The van der Waals surface area contributed by atoms with Crippen LogP contribution in [0.5, 0.6) is 0 Å². The Morgan fingerprint density at radius 1 is 1.29 bits per heavy atom. The van der Waals surface area contributed by atoms with Crippen LogP contribution in [0.2, 0.25) is 0 Å². The minimum Gasteiger partial charge on any atom is -0.392 e. The third-order valence-electron chi connectivity index (χ3n) is 3.05. The summed E-state index contributed by atoms with van der Waals surface area (Å²) in [6, 6.07) is 0. The van der Waals surface area contributed by atoms with Crippen LogP contribution in [0.25, 0.3) is 0 Å². The summed E-state index contributed by atoms with van der Waals surface area (Å²) < 4.78 is 0. The molecule has 1 aliphatic carbocycles. The lowest BCUT2D eigenvalue weighted by molar-refractivity contribution is 0.0585. The van der Waals surface area contributed by atoms with Crippen molar-refractivity contribution in [3.8, 4) is 11.8 Å². The average Bonchev–Trinajstić information content (AvgIpc) is 2.26. The third kappa shape index (κ3) is 3.32. The van der Waals surface area contributed by atoms with Crippen molar-refractivity contribution in [2.24, 2.45) is 11.8 Å². The zero-order valence-electron chi connectivity index (χ0n) is 8.87. The molecule has 0 saturated heterocycles. The Morgan fingerprint density at radius 2 is 1.93 bits per heavy atom. The van der Waals surface area contributed by atoms with Crippen LogP contribution < -0.4 is 0 Å². The monoisotopic (exact) mass is 196 g/mol. The summed E-state index contributed by atoms with van der Waals surface area (Å²) in [6.45, 7) is 1.82. The molecule has 0 heterocycles. The van der Waals surface area contributed by atoms with Crippen molar-refractivity contribution in [2.45, 2.75) is 45.1 Å². The van der Waals surface area contributed by atoms with E-state index in [1.807, 2.05) is 6.92 Å². The van der Waals surface area contributed by atoms with Crippen LogP contribution in [0, 0.1) is 23.7 Å². The van der Waals surface area contributed by atoms with Gasteiger partial charge in [-0.2, -0.15) is 0 Å². The second-order valence-electron chi connectivity index (χ2n) is 4.16. The van der Waals surface area contributed by atoms with E-state index in [1.54, 1.807) is 0 Å². The van der Waals surface area contributed by atoms with E-state index >= 15 is 0 Å². The average molecular weight is 196 g/mol. The van der Waals surface area contributed by atoms with Gasteiger partial charge < -0.3 is 10.2 Å². The summed E-state index contributed by atoms with van der Waals surface area (Å²) in [5.41, 5.74) is 0. The molecule has 14 heavy (non-hydrogen) atoms. The molecule has 2 heteroatoms. The molecule has 0 radical (unpaired) electrons. The second kappa shape index (κ2) is 6.06. The Bertz CT molecular complexity index is 208. The van der Waals surface area contributed by atoms with E-state index in [4.69, 9.17) is 5.11 Å². The fraction of sp³-hybridized carbons (Fsp3) is 0.833. The number of hydrogen-bond acceptors (Lipinski definition) is 2. The Kier molecular flexibility index (Phi) is 5.00. The molecule has 0 aromatic heterocycles. The van der Waals surface area contributed by atoms with Crippen molar-refractivity contribution in [1.29, 1.82) is 0 Å². The van der Waals surface area contributed by atoms with E-state index in [1.165, 1.54) is 19.3 Å². The van der Waals surface area contributed by atoms with Crippen molar-refractivity contribution in [2.75, 3.05) is 6.61 Å². The summed E-state index contributed by atoms with van der Waals surface area (Å²) in [6.07, 6.45) is 5.73. The van der Waals surface area contributed by atoms with Crippen molar-refractivity contribution >= 4 is 0 Å². The van der Waals surface area contributed by atoms with Gasteiger partial charge in [-0.05, 0) is 25.7 Å². The first-order valence-electron chi connectivity index (χ1n) is 5.53. The van der Waals surface area contributed by atoms with Crippen LogP contribution >= 0.6 is 0 Å². The quantitative estimate of drug-likeness (QED) is 0.658. The molecule has 0 aliphatic heterocycles. The highest BCUT2D eigenvalue weighted by atomic mass is 16.3. The number of aliphatic hydroxyl groups is 2. The summed E-state index contributed by atoms with van der Waals surface area (Å²) >= 11 is 0. The predicted molar refractivity (Wildman–Crippen MR) is 56.6 cm³/mol. The van der Waals surface area contributed by atoms with E-state index in [2.05, 4.69) is 11.8 Å². The molecular formula is C12H20O2. The van der Waals surface area contributed by atoms with Gasteiger partial charge in [-0.25, -0.2) is 0 Å². The molecule has 0 amide bonds. The highest BCUT2D eigenvalue weighted by Crippen LogP contribution is 2.29. The number of hydrogen-bond donors (Lipinski definition) is 2. The van der Waals surface area contributed by atoms with E-state index in [0.29, 0.717) is 5.92 Å². The van der Waals surface area contributed by atoms with Crippen LogP contribution in [0.3, 0.4) is 0 Å². The smallest absolute Gasteiger partial charge is 0.104 e. The largest absolute Gasteiger partial charge is 0.392 e. The van der Waals surface area contributed by atoms with E-state index < -0.39 is 0 Å². The standard InChI is InChI=1S/C12H20O2/c1-10(6-5-9-13)12(14)11-7-3-2-4-8-11/h10-14H,2-4,7-9H2,1H3. The van der Waals surface area contributed by atoms with Gasteiger partial charge in [0, 0.05) is 5.92 Å². The van der Waals surface area contributed by atoms with Crippen LogP contribution in [0.1, 0.15) is 39.0 Å². The number of aliphatic hydroxyl groups excluding tert-OH is 2. The maximum atomic E-state index is 9.98. The van der Waals surface area contributed by atoms with Gasteiger partial charge >= 0.3 is 0 Å². The molecule has 0 aromatic rings. The Labute approximate surface area is 86.3 Å². The predicted octanol–water partition coefficient (Wildman–Crippen LogP) is 1.56. The summed E-state index contributed by atoms with van der Waals surface area (Å²) in [4.78, 5) is 0. The SMILES string of the molecule is CC(C#CCO)C(O)C1CCCCC1. The lowest BCUT2D eigenvalue weighted by Crippen LogP contribution is -2.28. The lowest BCUT2D eigenvalue weighted by atomic mass is 9.81. The van der Waals surface area contributed by atoms with Gasteiger partial charge in [-0.3, -0.25) is 0 Å². The van der Waals surface area contributed by atoms with E-state index in [0.717, 1.165) is 12.8 Å². The van der Waals surface area contributed by atoms with Crippen molar-refractivity contribution < 1.29 is 10.2 Å². The molecule has 2 nitrogen and oxygen atoms in total. The first-order valence-corrected chi connectivity index (χ1v) is 5.53. The van der Waals surface area contributed by atoms with E-state index in [9.17, 15) is 5.11 Å². The Hall–Kier alpha value is -0.520. The first-order chi connectivity index (χ1) is 6.75. The van der Waals surface area contributed by atoms with E-state index in [-0.39, 0.29) is 18.6 Å². The highest BCUT2D eigenvalue weighted by Gasteiger charge is 2.25. The number of rotatable bonds is 2. The molecule has 1 rings (SSSR count). The normalized spacial score (nSPS) is 22.2. The Morgan fingerprint density at radius 3 is 2.50 bits per heavy atom. The summed E-state index contributed by atoms with van der Waals surface area (Å²) in [7, 11) is 0. The van der Waals surface area contributed by atoms with Gasteiger partial charge in [0.05, 0.1) is 6.10 Å². The van der Waals surface area contributed by atoms with Gasteiger partial charge in [-0.1, -0.05) is 31.1 Å². The van der Waals surface area contributed by atoms with Crippen LogP contribution in [0.15, 0.2) is 0 Å². The first kappa shape index (κ1) is 11.6. The van der Waals surface area contributed by atoms with Gasteiger partial charge in [-0.15, -0.1) is 0 Å². The summed E-state index contributed by atoms with van der Waals surface area (Å²) in [5, 5.41) is 18.5. The molecule has 0 spiro atoms. The fourth-order valence-corrected chi connectivity index (χ4v) is 2.18. The molecular weight excluding hydrogens is 176 g/mol. The molecule has 0 bridgehead atoms. The molecule has 2 N–H and O–H groups in total. The second-order valence-corrected chi connectivity index (χ2v) is 4.16. The molecule has 1 saturated carbocycles. The zero-order valence-corrected chi connectivity index (χ0v) is 8.87. The molecule has 0 aromatic carbocycles. The van der Waals surface area contributed by atoms with Crippen LogP contribution in [-0.2, 0) is 0 Å². The molecule has 2 unspecified atom stereocenters. The topological polar surface area (TPSA) is 40.5 Å². The molecule has 1 aliphatic rings. The van der Waals surface area contributed by atoms with Crippen LogP contribution in [-0.4, -0.2) is 22.9 Å². The van der Waals surface area contributed by atoms with Gasteiger partial charge in [0.1, 0.15) is 6.61 Å². The van der Waals surface area contributed by atoms with Gasteiger partial charge in [0.15, 0.2) is 0 Å². The molecule has 1 fully saturated rings. The maximum absolute atomic E-state index is 9.98. The molecule has 80 valence electrons. The minimum atomic E-state index is -0.311. The van der Waals surface area contributed by atoms with Crippen molar-refractivity contribution in [3.05, 3.63) is 0 Å². The fourth-order valence-electron chi connectivity index (χ4n) is 2.18. The molecule has 2 atom stereocenters. The third-order valence-corrected chi connectivity index (χ3v) is 3.05. The van der Waals surface area contributed by atoms with Gasteiger partial charge in [0.25, 0.3) is 0 Å². The zero-order chi connectivity index (χ0) is 10.4. The minimum absolute atomic E-state index is 0.00903. The maximum Gasteiger partial charge on any atom is 0.104 e. The van der Waals surface area contributed by atoms with Crippen molar-refractivity contribution in [3.63, 3.8) is 0 Å². The lowest BCUT2D eigenvalue weighted by Gasteiger charge is -2.28. The summed E-state index contributed by atoms with van der Waals surface area (Å²) in [5.74, 6) is 5.91. The Balaban J connectivity index is 2.41. The van der Waals surface area contributed by atoms with Crippen molar-refractivity contribution in [1.82, 2.24) is 0 Å². The van der Waals surface area contributed by atoms with Gasteiger partial charge in [0.2, 0.25) is 0 Å². The van der Waals surface area contributed by atoms with Crippen LogP contribution in [0.4, 0.5) is 0 Å².